The molecule has 0 fully saturated rings. The van der Waals surface area contributed by atoms with Crippen LogP contribution >= 0.6 is 0 Å². The molecule has 116 valence electrons. The molecule has 8 nitrogen and oxygen atoms in total. The molecule has 0 bridgehead atoms. The Labute approximate surface area is 125 Å². The van der Waals surface area contributed by atoms with Gasteiger partial charge in [-0.3, -0.25) is 19.3 Å². The number of carboxylic acids is 1. The van der Waals surface area contributed by atoms with Crippen molar-refractivity contribution in [3.63, 3.8) is 0 Å². The van der Waals surface area contributed by atoms with E-state index in [1.54, 1.807) is 0 Å². The predicted molar refractivity (Wildman–Crippen MR) is 73.5 cm³/mol. The number of nitrogens with one attached hydrogen (secondary N) is 1. The topological polar surface area (TPSA) is 124 Å². The van der Waals surface area contributed by atoms with Gasteiger partial charge in [-0.15, -0.1) is 0 Å². The Morgan fingerprint density at radius 1 is 1.23 bits per heavy atom. The van der Waals surface area contributed by atoms with Gasteiger partial charge in [0.25, 0.3) is 17.7 Å². The van der Waals surface area contributed by atoms with E-state index in [1.165, 1.54) is 25.2 Å². The third kappa shape index (κ3) is 2.56. The lowest BCUT2D eigenvalue weighted by molar-refractivity contribution is -0.155. The van der Waals surface area contributed by atoms with E-state index in [-0.39, 0.29) is 16.7 Å². The fourth-order valence-corrected chi connectivity index (χ4v) is 1.93. The summed E-state index contributed by atoms with van der Waals surface area (Å²) in [5.41, 5.74) is -1.68. The van der Waals surface area contributed by atoms with Crippen LogP contribution in [0.1, 0.15) is 38.0 Å². The van der Waals surface area contributed by atoms with Crippen molar-refractivity contribution in [1.82, 2.24) is 10.2 Å². The Balaban J connectivity index is 2.18. The van der Waals surface area contributed by atoms with Crippen molar-refractivity contribution < 1.29 is 29.4 Å². The Bertz CT molecular complexity index is 695. The average molecular weight is 306 g/mol. The van der Waals surface area contributed by atoms with Gasteiger partial charge >= 0.3 is 5.97 Å². The highest BCUT2D eigenvalue weighted by molar-refractivity contribution is 6.21. The first kappa shape index (κ1) is 15.6. The number of fused-ring (bicyclic) bond motifs is 1. The number of aliphatic hydroxyl groups is 1. The van der Waals surface area contributed by atoms with Gasteiger partial charge in [-0.05, 0) is 25.1 Å². The summed E-state index contributed by atoms with van der Waals surface area (Å²) >= 11 is 0. The van der Waals surface area contributed by atoms with Gasteiger partial charge in [0.1, 0.15) is 0 Å². The fourth-order valence-electron chi connectivity index (χ4n) is 1.93. The smallest absolute Gasteiger partial charge is 0.337 e. The average Bonchev–Trinajstić information content (AvgIpc) is 2.69. The molecule has 0 saturated heterocycles. The third-order valence-corrected chi connectivity index (χ3v) is 3.41. The molecule has 0 aromatic heterocycles. The molecule has 1 aromatic carbocycles. The van der Waals surface area contributed by atoms with E-state index in [0.29, 0.717) is 0 Å². The van der Waals surface area contributed by atoms with E-state index in [2.05, 4.69) is 5.32 Å². The molecule has 3 amide bonds. The quantitative estimate of drug-likeness (QED) is 0.643. The van der Waals surface area contributed by atoms with Gasteiger partial charge in [0.15, 0.2) is 5.60 Å². The monoisotopic (exact) mass is 306 g/mol. The Morgan fingerprint density at radius 2 is 1.82 bits per heavy atom. The summed E-state index contributed by atoms with van der Waals surface area (Å²) in [6.45, 7) is 0.556. The van der Waals surface area contributed by atoms with E-state index in [4.69, 9.17) is 5.11 Å². The number of aliphatic carboxylic acids is 1. The van der Waals surface area contributed by atoms with Crippen molar-refractivity contribution in [2.24, 2.45) is 0 Å². The Hall–Kier alpha value is -2.74. The lowest BCUT2D eigenvalue weighted by atomic mass is 10.0. The van der Waals surface area contributed by atoms with Crippen LogP contribution in [-0.2, 0) is 4.79 Å². The molecule has 1 unspecified atom stereocenters. The van der Waals surface area contributed by atoms with Gasteiger partial charge in [-0.25, -0.2) is 4.79 Å². The fraction of sp³-hybridized carbons (Fsp3) is 0.286. The predicted octanol–water partition coefficient (Wildman–Crippen LogP) is -0.522. The number of hydrogen-bond donors (Lipinski definition) is 3. The van der Waals surface area contributed by atoms with Crippen molar-refractivity contribution in [2.75, 3.05) is 13.6 Å². The lowest BCUT2D eigenvalue weighted by Gasteiger charge is -2.18. The third-order valence-electron chi connectivity index (χ3n) is 3.41. The molecule has 0 spiro atoms. The summed E-state index contributed by atoms with van der Waals surface area (Å²) in [6.07, 6.45) is 0. The number of hydrogen-bond acceptors (Lipinski definition) is 5. The highest BCUT2D eigenvalue weighted by atomic mass is 16.4. The molecule has 0 aliphatic carbocycles. The number of rotatable bonds is 4. The van der Waals surface area contributed by atoms with Crippen LogP contribution in [0.25, 0.3) is 0 Å². The minimum atomic E-state index is -2.10. The van der Waals surface area contributed by atoms with Gasteiger partial charge in [0, 0.05) is 12.6 Å². The van der Waals surface area contributed by atoms with Gasteiger partial charge in [-0.1, -0.05) is 0 Å². The Morgan fingerprint density at radius 3 is 2.41 bits per heavy atom. The van der Waals surface area contributed by atoms with Crippen molar-refractivity contribution in [3.8, 4) is 0 Å². The molecule has 1 aliphatic heterocycles. The number of imide groups is 1. The van der Waals surface area contributed by atoms with E-state index in [1.807, 2.05) is 0 Å². The first-order chi connectivity index (χ1) is 10.1. The van der Waals surface area contributed by atoms with E-state index in [9.17, 15) is 24.3 Å². The SMILES string of the molecule is CN1C(=O)c2ccc(C(=O)NCC(C)(O)C(=O)O)cc2C1=O. The second-order valence-corrected chi connectivity index (χ2v) is 5.19. The molecule has 1 heterocycles. The van der Waals surface area contributed by atoms with Crippen LogP contribution in [0.5, 0.6) is 0 Å². The zero-order valence-electron chi connectivity index (χ0n) is 11.9. The molecular weight excluding hydrogens is 292 g/mol. The van der Waals surface area contributed by atoms with Crippen LogP contribution in [0.3, 0.4) is 0 Å². The second-order valence-electron chi connectivity index (χ2n) is 5.19. The molecule has 1 atom stereocenters. The number of nitrogens with zero attached hydrogens (tertiary/aromatic N) is 1. The standard InChI is InChI=1S/C14H14N2O6/c1-14(22,13(20)21)6-15-10(17)7-3-4-8-9(5-7)12(19)16(2)11(8)18/h3-5,22H,6H2,1-2H3,(H,15,17)(H,20,21). The zero-order chi connectivity index (χ0) is 16.7. The van der Waals surface area contributed by atoms with Gasteiger partial charge in [0.05, 0.1) is 17.7 Å². The van der Waals surface area contributed by atoms with E-state index in [0.717, 1.165) is 11.8 Å². The number of benzene rings is 1. The molecule has 0 radical (unpaired) electrons. The van der Waals surface area contributed by atoms with Crippen molar-refractivity contribution in [1.29, 1.82) is 0 Å². The summed E-state index contributed by atoms with van der Waals surface area (Å²) < 4.78 is 0. The minimum Gasteiger partial charge on any atom is -0.479 e. The molecule has 1 aromatic rings. The first-order valence-corrected chi connectivity index (χ1v) is 6.35. The maximum atomic E-state index is 12.0. The molecular formula is C14H14N2O6. The number of carboxylic acid groups (broad SMARTS) is 1. The zero-order valence-corrected chi connectivity index (χ0v) is 11.9. The second kappa shape index (κ2) is 5.23. The highest BCUT2D eigenvalue weighted by Gasteiger charge is 2.34. The summed E-state index contributed by atoms with van der Waals surface area (Å²) in [5.74, 6) is -3.07. The van der Waals surface area contributed by atoms with Gasteiger partial charge < -0.3 is 15.5 Å². The van der Waals surface area contributed by atoms with Gasteiger partial charge in [0.2, 0.25) is 0 Å². The summed E-state index contributed by atoms with van der Waals surface area (Å²) in [6, 6.07) is 3.99. The highest BCUT2D eigenvalue weighted by Crippen LogP contribution is 2.22. The molecule has 2 rings (SSSR count). The molecule has 0 saturated carbocycles. The van der Waals surface area contributed by atoms with Crippen molar-refractivity contribution in [3.05, 3.63) is 34.9 Å². The van der Waals surface area contributed by atoms with Crippen LogP contribution in [-0.4, -0.2) is 58.0 Å². The first-order valence-electron chi connectivity index (χ1n) is 6.35. The number of carbonyl (C=O) groups excluding carboxylic acids is 3. The number of carbonyl (C=O) groups is 4. The molecule has 8 heteroatoms. The molecule has 1 aliphatic rings. The van der Waals surface area contributed by atoms with Crippen molar-refractivity contribution in [2.45, 2.75) is 12.5 Å². The normalized spacial score (nSPS) is 16.2. The van der Waals surface area contributed by atoms with Crippen molar-refractivity contribution >= 4 is 23.7 Å². The van der Waals surface area contributed by atoms with Crippen LogP contribution in [0.2, 0.25) is 0 Å². The van der Waals surface area contributed by atoms with Crippen LogP contribution < -0.4 is 5.32 Å². The summed E-state index contributed by atoms with van der Waals surface area (Å²) in [4.78, 5) is 47.2. The van der Waals surface area contributed by atoms with Crippen LogP contribution in [0.15, 0.2) is 18.2 Å². The van der Waals surface area contributed by atoms with Crippen LogP contribution in [0, 0.1) is 0 Å². The Kier molecular flexibility index (Phi) is 3.72. The van der Waals surface area contributed by atoms with Crippen LogP contribution in [0.4, 0.5) is 0 Å². The largest absolute Gasteiger partial charge is 0.479 e. The summed E-state index contributed by atoms with van der Waals surface area (Å²) in [5, 5.41) is 20.6. The van der Waals surface area contributed by atoms with E-state index < -0.39 is 35.8 Å². The molecule has 3 N–H and O–H groups in total. The maximum absolute atomic E-state index is 12.0. The van der Waals surface area contributed by atoms with Gasteiger partial charge in [-0.2, -0.15) is 0 Å². The number of amides is 3. The summed E-state index contributed by atoms with van der Waals surface area (Å²) in [7, 11) is 1.34. The maximum Gasteiger partial charge on any atom is 0.337 e. The lowest BCUT2D eigenvalue weighted by Crippen LogP contribution is -2.46. The minimum absolute atomic E-state index is 0.0939. The van der Waals surface area contributed by atoms with E-state index >= 15 is 0 Å². The molecule has 22 heavy (non-hydrogen) atoms.